The lowest BCUT2D eigenvalue weighted by Gasteiger charge is -2.42. The Morgan fingerprint density at radius 1 is 1.00 bits per heavy atom. The molecule has 6 nitrogen and oxygen atoms in total. The molecule has 0 aromatic heterocycles. The first-order valence-electron chi connectivity index (χ1n) is 9.70. The quantitative estimate of drug-likeness (QED) is 0.425. The van der Waals surface area contributed by atoms with E-state index in [0.29, 0.717) is 12.0 Å². The molecule has 0 amide bonds. The Hall–Kier alpha value is -2.63. The van der Waals surface area contributed by atoms with Crippen LogP contribution in [0.4, 0.5) is 17.1 Å². The number of hydrogen-bond donors (Lipinski definition) is 3. The maximum atomic E-state index is 12.2. The molecular weight excluding hydrogens is 344 g/mol. The van der Waals surface area contributed by atoms with Gasteiger partial charge in [0.25, 0.3) is 10.9 Å². The Balaban J connectivity index is 1.61. The average Bonchev–Trinajstić information content (AvgIpc) is 3.15. The van der Waals surface area contributed by atoms with Gasteiger partial charge in [-0.2, -0.15) is 0 Å². The van der Waals surface area contributed by atoms with E-state index in [-0.39, 0.29) is 34.1 Å². The molecule has 2 aromatic carbocycles. The molecule has 27 heavy (non-hydrogen) atoms. The molecule has 2 aromatic rings. The fourth-order valence-corrected chi connectivity index (χ4v) is 4.92. The van der Waals surface area contributed by atoms with E-state index in [0.717, 1.165) is 12.8 Å². The largest absolute Gasteiger partial charge is 0.505 e. The number of carbonyl (C=O) groups excluding carboxylic acids is 1. The van der Waals surface area contributed by atoms with Gasteiger partial charge in [0.2, 0.25) is 0 Å². The first-order chi connectivity index (χ1) is 13.1. The standard InChI is InChI=1S/C21H24N2O4/c24-12-13-6-5-7-14(18(13)25)22-16-17(20(27)19(16)26)23-15-8-1-2-9-21(15)10-3-4-11-21/h5-7,12,15,22-23,25H,1-4,8-11H2. The molecule has 1 spiro atoms. The molecule has 0 heterocycles. The van der Waals surface area contributed by atoms with E-state index in [4.69, 9.17) is 0 Å². The van der Waals surface area contributed by atoms with Crippen LogP contribution >= 0.6 is 0 Å². The van der Waals surface area contributed by atoms with E-state index in [1.54, 1.807) is 12.1 Å². The molecular formula is C21H24N2O4. The minimum absolute atomic E-state index is 0.130. The SMILES string of the molecule is O=Cc1cccc(Nc2c(NC3CCCCC34CCCC4)c(=O)c2=O)c1O. The summed E-state index contributed by atoms with van der Waals surface area (Å²) >= 11 is 0. The fraction of sp³-hybridized carbons (Fsp3) is 0.476. The van der Waals surface area contributed by atoms with Gasteiger partial charge in [-0.25, -0.2) is 0 Å². The zero-order chi connectivity index (χ0) is 19.0. The molecule has 0 saturated heterocycles. The third kappa shape index (κ3) is 2.93. The number of benzene rings is 1. The summed E-state index contributed by atoms with van der Waals surface area (Å²) in [6.45, 7) is 0. The van der Waals surface area contributed by atoms with Crippen LogP contribution in [0, 0.1) is 5.41 Å². The van der Waals surface area contributed by atoms with Gasteiger partial charge >= 0.3 is 0 Å². The van der Waals surface area contributed by atoms with Crippen LogP contribution in [-0.2, 0) is 0 Å². The van der Waals surface area contributed by atoms with Gasteiger partial charge in [-0.15, -0.1) is 0 Å². The lowest BCUT2D eigenvalue weighted by atomic mass is 9.69. The van der Waals surface area contributed by atoms with Crippen molar-refractivity contribution in [3.8, 4) is 5.75 Å². The number of para-hydroxylation sites is 1. The van der Waals surface area contributed by atoms with Crippen LogP contribution in [0.25, 0.3) is 0 Å². The second kappa shape index (κ2) is 6.83. The summed E-state index contributed by atoms with van der Waals surface area (Å²) in [5.74, 6) is -0.226. The maximum absolute atomic E-state index is 12.2. The summed E-state index contributed by atoms with van der Waals surface area (Å²) in [6, 6.07) is 4.87. The molecule has 4 rings (SSSR count). The van der Waals surface area contributed by atoms with Gasteiger partial charge in [0.1, 0.15) is 17.1 Å². The lowest BCUT2D eigenvalue weighted by molar-refractivity contribution is 0.112. The molecule has 2 aliphatic carbocycles. The minimum Gasteiger partial charge on any atom is -0.505 e. The highest BCUT2D eigenvalue weighted by atomic mass is 16.3. The van der Waals surface area contributed by atoms with Crippen molar-refractivity contribution >= 4 is 23.3 Å². The molecule has 6 heteroatoms. The van der Waals surface area contributed by atoms with Crippen LogP contribution in [0.15, 0.2) is 27.8 Å². The summed E-state index contributed by atoms with van der Waals surface area (Å²) in [7, 11) is 0. The third-order valence-electron chi connectivity index (χ3n) is 6.44. The lowest BCUT2D eigenvalue weighted by Crippen LogP contribution is -2.46. The summed E-state index contributed by atoms with van der Waals surface area (Å²) in [6.07, 6.45) is 9.86. The summed E-state index contributed by atoms with van der Waals surface area (Å²) in [5, 5.41) is 16.4. The van der Waals surface area contributed by atoms with Crippen LogP contribution in [0.5, 0.6) is 5.75 Å². The second-order valence-corrected chi connectivity index (χ2v) is 7.91. The van der Waals surface area contributed by atoms with Gasteiger partial charge in [-0.3, -0.25) is 14.4 Å². The predicted octanol–water partition coefficient (Wildman–Crippen LogP) is 3.46. The highest BCUT2D eigenvalue weighted by Crippen LogP contribution is 2.50. The summed E-state index contributed by atoms with van der Waals surface area (Å²) < 4.78 is 0. The van der Waals surface area contributed by atoms with Crippen molar-refractivity contribution in [2.45, 2.75) is 57.4 Å². The number of nitrogens with one attached hydrogen (secondary N) is 2. The van der Waals surface area contributed by atoms with Gasteiger partial charge in [0, 0.05) is 6.04 Å². The number of aromatic hydroxyl groups is 1. The molecule has 1 unspecified atom stereocenters. The van der Waals surface area contributed by atoms with Crippen LogP contribution < -0.4 is 21.5 Å². The molecule has 0 aliphatic heterocycles. The molecule has 2 fully saturated rings. The number of rotatable bonds is 5. The normalized spacial score (nSPS) is 21.4. The van der Waals surface area contributed by atoms with E-state index in [2.05, 4.69) is 10.6 Å². The topological polar surface area (TPSA) is 95.5 Å². The maximum Gasteiger partial charge on any atom is 0.253 e. The average molecular weight is 368 g/mol. The number of phenolic OH excluding ortho intramolecular Hbond substituents is 1. The van der Waals surface area contributed by atoms with Crippen molar-refractivity contribution in [2.24, 2.45) is 5.41 Å². The van der Waals surface area contributed by atoms with Crippen molar-refractivity contribution in [1.29, 1.82) is 0 Å². The van der Waals surface area contributed by atoms with Crippen LogP contribution in [0.1, 0.15) is 61.7 Å². The Bertz CT molecular complexity index is 936. The minimum atomic E-state index is -0.593. The van der Waals surface area contributed by atoms with Gasteiger partial charge in [-0.05, 0) is 43.2 Å². The van der Waals surface area contributed by atoms with Crippen molar-refractivity contribution in [2.75, 3.05) is 10.6 Å². The molecule has 1 atom stereocenters. The van der Waals surface area contributed by atoms with Crippen molar-refractivity contribution in [1.82, 2.24) is 0 Å². The molecule has 142 valence electrons. The van der Waals surface area contributed by atoms with Gasteiger partial charge < -0.3 is 15.7 Å². The number of hydrogen-bond acceptors (Lipinski definition) is 6. The van der Waals surface area contributed by atoms with E-state index < -0.39 is 10.9 Å². The van der Waals surface area contributed by atoms with E-state index in [1.165, 1.54) is 44.6 Å². The predicted molar refractivity (Wildman–Crippen MR) is 105 cm³/mol. The first kappa shape index (κ1) is 17.8. The summed E-state index contributed by atoms with van der Waals surface area (Å²) in [4.78, 5) is 35.4. The first-order valence-corrected chi connectivity index (χ1v) is 9.70. The zero-order valence-electron chi connectivity index (χ0n) is 15.2. The van der Waals surface area contributed by atoms with Gasteiger partial charge in [-0.1, -0.05) is 31.7 Å². The van der Waals surface area contributed by atoms with Crippen LogP contribution in [0.3, 0.4) is 0 Å². The molecule has 0 radical (unpaired) electrons. The Labute approximate surface area is 157 Å². The highest BCUT2D eigenvalue weighted by molar-refractivity contribution is 5.87. The van der Waals surface area contributed by atoms with Gasteiger partial charge in [0.15, 0.2) is 6.29 Å². The van der Waals surface area contributed by atoms with Gasteiger partial charge in [0.05, 0.1) is 11.3 Å². The Kier molecular flexibility index (Phi) is 4.50. The van der Waals surface area contributed by atoms with Crippen LogP contribution in [0.2, 0.25) is 0 Å². The second-order valence-electron chi connectivity index (χ2n) is 7.91. The number of phenols is 1. The fourth-order valence-electron chi connectivity index (χ4n) is 4.92. The molecule has 2 aliphatic rings. The van der Waals surface area contributed by atoms with Crippen molar-refractivity contribution < 1.29 is 9.90 Å². The Morgan fingerprint density at radius 3 is 2.37 bits per heavy atom. The smallest absolute Gasteiger partial charge is 0.253 e. The van der Waals surface area contributed by atoms with Crippen LogP contribution in [-0.4, -0.2) is 17.4 Å². The molecule has 3 N–H and O–H groups in total. The number of carbonyl (C=O) groups is 1. The van der Waals surface area contributed by atoms with E-state index >= 15 is 0 Å². The van der Waals surface area contributed by atoms with E-state index in [9.17, 15) is 19.5 Å². The third-order valence-corrected chi connectivity index (χ3v) is 6.44. The van der Waals surface area contributed by atoms with E-state index in [1.807, 2.05) is 0 Å². The highest BCUT2D eigenvalue weighted by Gasteiger charge is 2.43. The van der Waals surface area contributed by atoms with Crippen molar-refractivity contribution in [3.05, 3.63) is 44.2 Å². The zero-order valence-corrected chi connectivity index (χ0v) is 15.2. The number of aldehydes is 1. The number of anilines is 3. The van der Waals surface area contributed by atoms with Crippen molar-refractivity contribution in [3.63, 3.8) is 0 Å². The molecule has 2 saturated carbocycles. The Morgan fingerprint density at radius 2 is 1.67 bits per heavy atom. The monoisotopic (exact) mass is 368 g/mol. The molecule has 0 bridgehead atoms. The summed E-state index contributed by atoms with van der Waals surface area (Å²) in [5.41, 5.74) is -0.00746.